The van der Waals surface area contributed by atoms with E-state index in [1.165, 1.54) is 43.1 Å². The highest BCUT2D eigenvalue weighted by atomic mass is 32.1. The predicted octanol–water partition coefficient (Wildman–Crippen LogP) is 9.28. The van der Waals surface area contributed by atoms with Crippen molar-refractivity contribution in [3.05, 3.63) is 128 Å². The molecule has 0 aliphatic rings. The Hall–Kier alpha value is -4.80. The van der Waals surface area contributed by atoms with Crippen molar-refractivity contribution in [2.24, 2.45) is 0 Å². The van der Waals surface area contributed by atoms with Gasteiger partial charge in [-0.2, -0.15) is 0 Å². The molecule has 4 heteroatoms. The van der Waals surface area contributed by atoms with Crippen molar-refractivity contribution < 1.29 is 0 Å². The Labute approximate surface area is 223 Å². The molecule has 0 aliphatic heterocycles. The number of aromatic nitrogens is 3. The molecule has 38 heavy (non-hydrogen) atoms. The molecule has 0 unspecified atom stereocenters. The summed E-state index contributed by atoms with van der Waals surface area (Å²) in [6.07, 6.45) is 1.70. The molecule has 8 rings (SSSR count). The fraction of sp³-hybridized carbons (Fsp3) is 0. The summed E-state index contributed by atoms with van der Waals surface area (Å²) in [6, 6.07) is 43.2. The first-order valence-corrected chi connectivity index (χ1v) is 13.5. The lowest BCUT2D eigenvalue weighted by atomic mass is 10.0. The molecule has 0 saturated carbocycles. The fourth-order valence-electron chi connectivity index (χ4n) is 5.54. The Morgan fingerprint density at radius 2 is 1.08 bits per heavy atom. The molecule has 178 valence electrons. The maximum atomic E-state index is 4.87. The fourth-order valence-corrected chi connectivity index (χ4v) is 6.68. The monoisotopic (exact) mass is 503 g/mol. The summed E-state index contributed by atoms with van der Waals surface area (Å²) in [4.78, 5) is 9.56. The van der Waals surface area contributed by atoms with E-state index in [-0.39, 0.29) is 0 Å². The molecule has 0 saturated heterocycles. The molecular weight excluding hydrogens is 482 g/mol. The van der Waals surface area contributed by atoms with Gasteiger partial charge >= 0.3 is 0 Å². The zero-order valence-electron chi connectivity index (χ0n) is 20.4. The van der Waals surface area contributed by atoms with Gasteiger partial charge in [-0.1, -0.05) is 91.0 Å². The standard InChI is InChI=1S/C34H21N3S/c1-3-9-22(10-4-1)24-15-17-29-27(19-24)28-20-25(23-11-5-2-6-12-23)16-18-30(28)37(29)34-33-32(35-21-36-34)26-13-7-8-14-31(26)38-33/h1-21H. The molecule has 0 N–H and O–H groups in total. The summed E-state index contributed by atoms with van der Waals surface area (Å²) in [5.41, 5.74) is 8.12. The van der Waals surface area contributed by atoms with Crippen LogP contribution in [0.15, 0.2) is 128 Å². The quantitative estimate of drug-likeness (QED) is 0.240. The van der Waals surface area contributed by atoms with E-state index >= 15 is 0 Å². The van der Waals surface area contributed by atoms with Crippen LogP contribution in [0.1, 0.15) is 0 Å². The Balaban J connectivity index is 1.47. The first kappa shape index (κ1) is 21.3. The summed E-state index contributed by atoms with van der Waals surface area (Å²) in [5, 5.41) is 3.61. The predicted molar refractivity (Wildman–Crippen MR) is 160 cm³/mol. The van der Waals surface area contributed by atoms with E-state index in [0.717, 1.165) is 27.1 Å². The highest BCUT2D eigenvalue weighted by Gasteiger charge is 2.19. The topological polar surface area (TPSA) is 30.7 Å². The van der Waals surface area contributed by atoms with E-state index in [0.29, 0.717) is 0 Å². The average Bonchev–Trinajstić information content (AvgIpc) is 3.53. The number of fused-ring (bicyclic) bond motifs is 6. The second-order valence-corrected chi connectivity index (χ2v) is 10.6. The molecule has 3 aromatic heterocycles. The molecule has 0 spiro atoms. The van der Waals surface area contributed by atoms with Gasteiger partial charge in [0.1, 0.15) is 6.33 Å². The Bertz CT molecular complexity index is 2030. The zero-order valence-corrected chi connectivity index (χ0v) is 21.2. The van der Waals surface area contributed by atoms with Crippen molar-refractivity contribution in [3.63, 3.8) is 0 Å². The second kappa shape index (κ2) is 8.37. The molecule has 0 atom stereocenters. The van der Waals surface area contributed by atoms with Crippen LogP contribution in [0.4, 0.5) is 0 Å². The van der Waals surface area contributed by atoms with Crippen LogP contribution in [0.5, 0.6) is 0 Å². The minimum atomic E-state index is 0.927. The van der Waals surface area contributed by atoms with Gasteiger partial charge in [0.15, 0.2) is 5.82 Å². The van der Waals surface area contributed by atoms with Crippen molar-refractivity contribution in [3.8, 4) is 28.1 Å². The van der Waals surface area contributed by atoms with Crippen LogP contribution < -0.4 is 0 Å². The van der Waals surface area contributed by atoms with Crippen LogP contribution >= 0.6 is 11.3 Å². The lowest BCUT2D eigenvalue weighted by molar-refractivity contribution is 1.08. The average molecular weight is 504 g/mol. The van der Waals surface area contributed by atoms with Crippen molar-refractivity contribution in [2.45, 2.75) is 0 Å². The van der Waals surface area contributed by atoms with Gasteiger partial charge in [0, 0.05) is 20.9 Å². The van der Waals surface area contributed by atoms with Crippen LogP contribution in [0.25, 0.3) is 70.2 Å². The highest BCUT2D eigenvalue weighted by molar-refractivity contribution is 7.26. The number of thiophene rings is 1. The Morgan fingerprint density at radius 1 is 0.500 bits per heavy atom. The van der Waals surface area contributed by atoms with Crippen molar-refractivity contribution in [1.82, 2.24) is 14.5 Å². The first-order chi connectivity index (χ1) is 18.8. The van der Waals surface area contributed by atoms with Crippen molar-refractivity contribution in [2.75, 3.05) is 0 Å². The number of hydrogen-bond donors (Lipinski definition) is 0. The summed E-state index contributed by atoms with van der Waals surface area (Å²) >= 11 is 1.76. The van der Waals surface area contributed by atoms with Gasteiger partial charge in [0.05, 0.1) is 21.3 Å². The van der Waals surface area contributed by atoms with Crippen LogP contribution in [0.3, 0.4) is 0 Å². The molecule has 5 aromatic carbocycles. The second-order valence-electron chi connectivity index (χ2n) is 9.50. The van der Waals surface area contributed by atoms with Gasteiger partial charge in [-0.3, -0.25) is 4.57 Å². The number of nitrogens with zero attached hydrogens (tertiary/aromatic N) is 3. The zero-order chi connectivity index (χ0) is 25.1. The molecule has 0 radical (unpaired) electrons. The third kappa shape index (κ3) is 3.21. The molecule has 3 heterocycles. The first-order valence-electron chi connectivity index (χ1n) is 12.7. The van der Waals surface area contributed by atoms with E-state index in [1.807, 2.05) is 0 Å². The summed E-state index contributed by atoms with van der Waals surface area (Å²) in [5.74, 6) is 0.927. The molecule has 0 aliphatic carbocycles. The minimum Gasteiger partial charge on any atom is -0.292 e. The van der Waals surface area contributed by atoms with Crippen molar-refractivity contribution in [1.29, 1.82) is 0 Å². The van der Waals surface area contributed by atoms with Crippen LogP contribution in [-0.2, 0) is 0 Å². The van der Waals surface area contributed by atoms with E-state index in [2.05, 4.69) is 126 Å². The van der Waals surface area contributed by atoms with E-state index in [9.17, 15) is 0 Å². The maximum absolute atomic E-state index is 4.87. The molecule has 0 bridgehead atoms. The summed E-state index contributed by atoms with van der Waals surface area (Å²) in [7, 11) is 0. The molecule has 8 aromatic rings. The van der Waals surface area contributed by atoms with E-state index < -0.39 is 0 Å². The maximum Gasteiger partial charge on any atom is 0.159 e. The lowest BCUT2D eigenvalue weighted by Crippen LogP contribution is -1.98. The van der Waals surface area contributed by atoms with E-state index in [4.69, 9.17) is 9.97 Å². The van der Waals surface area contributed by atoms with Gasteiger partial charge in [-0.25, -0.2) is 9.97 Å². The normalized spacial score (nSPS) is 11.7. The number of rotatable bonds is 3. The smallest absolute Gasteiger partial charge is 0.159 e. The van der Waals surface area contributed by atoms with Crippen LogP contribution in [-0.4, -0.2) is 14.5 Å². The largest absolute Gasteiger partial charge is 0.292 e. The summed E-state index contributed by atoms with van der Waals surface area (Å²) in [6.45, 7) is 0. The van der Waals surface area contributed by atoms with Gasteiger partial charge in [-0.15, -0.1) is 11.3 Å². The van der Waals surface area contributed by atoms with Gasteiger partial charge in [0.25, 0.3) is 0 Å². The van der Waals surface area contributed by atoms with Crippen molar-refractivity contribution >= 4 is 53.4 Å². The van der Waals surface area contributed by atoms with Gasteiger partial charge in [0.2, 0.25) is 0 Å². The Morgan fingerprint density at radius 3 is 1.71 bits per heavy atom. The third-order valence-corrected chi connectivity index (χ3v) is 8.49. The van der Waals surface area contributed by atoms with Gasteiger partial charge in [-0.05, 0) is 52.6 Å². The number of benzene rings is 5. The SMILES string of the molecule is c1ccc(-c2ccc3c(c2)c2cc(-c4ccccc4)ccc2n3-c2ncnc3c2sc2ccccc23)cc1. The van der Waals surface area contributed by atoms with Crippen LogP contribution in [0, 0.1) is 0 Å². The molecule has 3 nitrogen and oxygen atoms in total. The third-order valence-electron chi connectivity index (χ3n) is 7.33. The highest BCUT2D eigenvalue weighted by Crippen LogP contribution is 2.40. The lowest BCUT2D eigenvalue weighted by Gasteiger charge is -2.08. The molecule has 0 amide bonds. The Kier molecular flexibility index (Phi) is 4.69. The number of hydrogen-bond acceptors (Lipinski definition) is 3. The minimum absolute atomic E-state index is 0.927. The summed E-state index contributed by atoms with van der Waals surface area (Å²) < 4.78 is 4.64. The molecule has 0 fully saturated rings. The van der Waals surface area contributed by atoms with Gasteiger partial charge < -0.3 is 0 Å². The van der Waals surface area contributed by atoms with E-state index in [1.54, 1.807) is 17.7 Å². The molecular formula is C34H21N3S. The van der Waals surface area contributed by atoms with Crippen LogP contribution in [0.2, 0.25) is 0 Å².